The largest absolute Gasteiger partial charge is 0.298 e. The van der Waals surface area contributed by atoms with Gasteiger partial charge in [0.2, 0.25) is 0 Å². The first kappa shape index (κ1) is 22.2. The van der Waals surface area contributed by atoms with Crippen molar-refractivity contribution in [3.8, 4) is 0 Å². The van der Waals surface area contributed by atoms with Crippen LogP contribution in [0.4, 0.5) is 0 Å². The molecule has 2 aromatic rings. The molecule has 1 heterocycles. The number of ketones is 2. The lowest BCUT2D eigenvalue weighted by molar-refractivity contribution is -0.126. The highest BCUT2D eigenvalue weighted by atomic mass is 32.2. The number of hydrogen-bond donors (Lipinski definition) is 0. The van der Waals surface area contributed by atoms with Crippen molar-refractivity contribution >= 4 is 34.1 Å². The molecule has 6 atom stereocenters. The molecule has 0 bridgehead atoms. The first-order valence-corrected chi connectivity index (χ1v) is 13.7. The fourth-order valence-electron chi connectivity index (χ4n) is 8.07. The Balaban J connectivity index is 1.20. The van der Waals surface area contributed by atoms with Crippen LogP contribution in [0.1, 0.15) is 52.4 Å². The zero-order valence-corrected chi connectivity index (χ0v) is 20.8. The summed E-state index contributed by atoms with van der Waals surface area (Å²) in [4.78, 5) is 25.6. The predicted molar refractivity (Wildman–Crippen MR) is 135 cm³/mol. The number of thioether (sulfide) groups is 1. The summed E-state index contributed by atoms with van der Waals surface area (Å²) in [6.07, 6.45) is 14.3. The van der Waals surface area contributed by atoms with Crippen LogP contribution in [0.2, 0.25) is 0 Å². The van der Waals surface area contributed by atoms with E-state index in [4.69, 9.17) is 0 Å². The average molecular weight is 473 g/mol. The molecule has 0 amide bonds. The Morgan fingerprint density at radius 1 is 1.12 bits per heavy atom. The van der Waals surface area contributed by atoms with Crippen molar-refractivity contribution in [3.63, 3.8) is 0 Å². The van der Waals surface area contributed by atoms with Gasteiger partial charge >= 0.3 is 0 Å². The Hall–Kier alpha value is -2.27. The predicted octanol–water partition coefficient (Wildman–Crippen LogP) is 6.22. The van der Waals surface area contributed by atoms with Crippen molar-refractivity contribution in [2.45, 2.75) is 57.4 Å². The monoisotopic (exact) mass is 472 g/mol. The normalized spacial score (nSPS) is 36.5. The molecule has 0 aliphatic heterocycles. The van der Waals surface area contributed by atoms with Gasteiger partial charge in [-0.05, 0) is 73.8 Å². The second-order valence-corrected chi connectivity index (χ2v) is 12.2. The van der Waals surface area contributed by atoms with E-state index in [1.807, 2.05) is 24.3 Å². The molecular weight excluding hydrogens is 440 g/mol. The van der Waals surface area contributed by atoms with E-state index in [1.54, 1.807) is 24.0 Å². The summed E-state index contributed by atoms with van der Waals surface area (Å²) in [5.41, 5.74) is 1.45. The number of rotatable bonds is 4. The number of nitrogens with zero attached hydrogens (tertiary/aromatic N) is 2. The molecule has 0 spiro atoms. The third-order valence-corrected chi connectivity index (χ3v) is 10.8. The van der Waals surface area contributed by atoms with Crippen LogP contribution in [-0.2, 0) is 9.59 Å². The van der Waals surface area contributed by atoms with Crippen molar-refractivity contribution in [1.82, 2.24) is 10.2 Å². The molecule has 5 heteroatoms. The van der Waals surface area contributed by atoms with Gasteiger partial charge in [0.25, 0.3) is 0 Å². The van der Waals surface area contributed by atoms with Crippen molar-refractivity contribution in [3.05, 3.63) is 54.3 Å². The maximum Gasteiger partial charge on any atom is 0.178 e. The number of carbonyl (C=O) groups is 2. The first-order valence-electron chi connectivity index (χ1n) is 12.7. The van der Waals surface area contributed by atoms with E-state index in [0.717, 1.165) is 54.3 Å². The van der Waals surface area contributed by atoms with Crippen LogP contribution in [-0.4, -0.2) is 27.5 Å². The lowest BCUT2D eigenvalue weighted by Gasteiger charge is -2.57. The zero-order chi connectivity index (χ0) is 23.5. The quantitative estimate of drug-likeness (QED) is 0.495. The van der Waals surface area contributed by atoms with E-state index in [0.29, 0.717) is 29.3 Å². The molecule has 4 nitrogen and oxygen atoms in total. The second kappa shape index (κ2) is 8.15. The van der Waals surface area contributed by atoms with E-state index in [9.17, 15) is 9.59 Å². The SMILES string of the molecule is CC12C=CC(=O)C=C1CCC1C2CCC2(C)C(C(=O)CSc3nncc4ccccc34)CCC12. The van der Waals surface area contributed by atoms with E-state index >= 15 is 0 Å². The topological polar surface area (TPSA) is 59.9 Å². The Labute approximate surface area is 205 Å². The van der Waals surface area contributed by atoms with E-state index in [-0.39, 0.29) is 22.5 Å². The summed E-state index contributed by atoms with van der Waals surface area (Å²) in [6, 6.07) is 8.12. The minimum Gasteiger partial charge on any atom is -0.298 e. The third-order valence-electron chi connectivity index (χ3n) is 9.83. The molecule has 3 saturated carbocycles. The maximum atomic E-state index is 13.6. The number of fused-ring (bicyclic) bond motifs is 6. The van der Waals surface area contributed by atoms with Crippen LogP contribution in [0.3, 0.4) is 0 Å². The fourth-order valence-corrected chi connectivity index (χ4v) is 9.00. The van der Waals surface area contributed by atoms with Gasteiger partial charge in [0.15, 0.2) is 5.78 Å². The number of carbonyl (C=O) groups excluding carboxylic acids is 2. The van der Waals surface area contributed by atoms with E-state index in [1.165, 1.54) is 5.57 Å². The molecule has 1 aromatic heterocycles. The van der Waals surface area contributed by atoms with Crippen LogP contribution in [0.5, 0.6) is 0 Å². The number of hydrogen-bond acceptors (Lipinski definition) is 5. The number of benzene rings is 1. The van der Waals surface area contributed by atoms with Gasteiger partial charge < -0.3 is 0 Å². The lowest BCUT2D eigenvalue weighted by atomic mass is 9.47. The summed E-state index contributed by atoms with van der Waals surface area (Å²) >= 11 is 1.55. The minimum atomic E-state index is 0.0170. The van der Waals surface area contributed by atoms with E-state index < -0.39 is 0 Å². The molecule has 6 rings (SSSR count). The summed E-state index contributed by atoms with van der Waals surface area (Å²) in [5.74, 6) is 2.98. The Kier molecular flexibility index (Phi) is 5.32. The van der Waals surface area contributed by atoms with Crippen molar-refractivity contribution < 1.29 is 9.59 Å². The maximum absolute atomic E-state index is 13.6. The molecular formula is C29H32N2O2S. The Morgan fingerprint density at radius 3 is 2.85 bits per heavy atom. The summed E-state index contributed by atoms with van der Waals surface area (Å²) in [6.45, 7) is 4.75. The molecule has 34 heavy (non-hydrogen) atoms. The van der Waals surface area contributed by atoms with Crippen LogP contribution >= 0.6 is 11.8 Å². The van der Waals surface area contributed by atoms with Crippen LogP contribution < -0.4 is 0 Å². The molecule has 3 fully saturated rings. The molecule has 0 saturated heterocycles. The third kappa shape index (κ3) is 3.34. The summed E-state index contributed by atoms with van der Waals surface area (Å²) in [5, 5.41) is 11.5. The van der Waals surface area contributed by atoms with Gasteiger partial charge in [0.05, 0.1) is 11.9 Å². The minimum absolute atomic E-state index is 0.0170. The highest BCUT2D eigenvalue weighted by molar-refractivity contribution is 8.00. The first-order chi connectivity index (χ1) is 16.4. The fraction of sp³-hybridized carbons (Fsp3) is 0.517. The Morgan fingerprint density at radius 2 is 1.97 bits per heavy atom. The second-order valence-electron chi connectivity index (χ2n) is 11.3. The van der Waals surface area contributed by atoms with Crippen molar-refractivity contribution in [2.24, 2.45) is 34.5 Å². The van der Waals surface area contributed by atoms with Gasteiger partial charge in [-0.2, -0.15) is 5.10 Å². The van der Waals surface area contributed by atoms with Crippen LogP contribution in [0.15, 0.2) is 59.3 Å². The summed E-state index contributed by atoms with van der Waals surface area (Å²) in [7, 11) is 0. The molecule has 0 radical (unpaired) electrons. The van der Waals surface area contributed by atoms with Gasteiger partial charge in [0, 0.05) is 22.1 Å². The van der Waals surface area contributed by atoms with Gasteiger partial charge in [-0.25, -0.2) is 0 Å². The molecule has 176 valence electrons. The smallest absolute Gasteiger partial charge is 0.178 e. The van der Waals surface area contributed by atoms with Gasteiger partial charge in [-0.1, -0.05) is 61.5 Å². The number of aromatic nitrogens is 2. The average Bonchev–Trinajstić information content (AvgIpc) is 3.20. The highest BCUT2D eigenvalue weighted by Crippen LogP contribution is 2.66. The van der Waals surface area contributed by atoms with Gasteiger partial charge in [-0.15, -0.1) is 5.10 Å². The molecule has 4 aliphatic carbocycles. The Bertz CT molecular complexity index is 1230. The summed E-state index contributed by atoms with van der Waals surface area (Å²) < 4.78 is 0. The van der Waals surface area contributed by atoms with Crippen molar-refractivity contribution in [1.29, 1.82) is 0 Å². The molecule has 4 aliphatic rings. The zero-order valence-electron chi connectivity index (χ0n) is 20.0. The van der Waals surface area contributed by atoms with E-state index in [2.05, 4.69) is 36.2 Å². The number of Topliss-reactive ketones (excluding diaryl/α,β-unsaturated/α-hetero) is 1. The van der Waals surface area contributed by atoms with Crippen LogP contribution in [0, 0.1) is 34.5 Å². The molecule has 1 aromatic carbocycles. The highest BCUT2D eigenvalue weighted by Gasteiger charge is 2.59. The van der Waals surface area contributed by atoms with Crippen molar-refractivity contribution in [2.75, 3.05) is 5.75 Å². The van der Waals surface area contributed by atoms with Gasteiger partial charge in [0.1, 0.15) is 10.8 Å². The van der Waals surface area contributed by atoms with Crippen LogP contribution in [0.25, 0.3) is 10.8 Å². The van der Waals surface area contributed by atoms with Gasteiger partial charge in [-0.3, -0.25) is 9.59 Å². The lowest BCUT2D eigenvalue weighted by Crippen LogP contribution is -2.50. The number of allylic oxidation sites excluding steroid dienone is 4. The molecule has 0 N–H and O–H groups in total. The molecule has 6 unspecified atom stereocenters. The standard InChI is InChI=1S/C29H32N2O2S/c1-28-13-11-20(32)15-19(28)7-8-22-23-9-10-25(29(23,2)14-12-24(22)28)26(33)17-34-27-21-6-4-3-5-18(21)16-30-31-27/h3-6,11,13,15-16,22-25H,7-10,12,14,17H2,1-2H3.